The van der Waals surface area contributed by atoms with Crippen LogP contribution in [-0.4, -0.2) is 22.8 Å². The summed E-state index contributed by atoms with van der Waals surface area (Å²) in [5, 5.41) is 0. The molecule has 2 nitrogen and oxygen atoms in total. The summed E-state index contributed by atoms with van der Waals surface area (Å²) in [4.78, 5) is 14.2. The van der Waals surface area contributed by atoms with E-state index < -0.39 is 0 Å². The molecule has 0 saturated carbocycles. The van der Waals surface area contributed by atoms with E-state index in [0.717, 1.165) is 42.0 Å². The molecule has 0 amide bonds. The molecule has 1 unspecified atom stereocenters. The Bertz CT molecular complexity index is 778. The van der Waals surface area contributed by atoms with Crippen LogP contribution < -0.4 is 4.90 Å². The monoisotopic (exact) mass is 355 g/mol. The number of carbonyl (C=O) groups is 1. The van der Waals surface area contributed by atoms with Crippen LogP contribution in [0.25, 0.3) is 0 Å². The average molecular weight is 356 g/mol. The molecule has 4 heteroatoms. The molecule has 1 heterocycles. The van der Waals surface area contributed by atoms with Crippen molar-refractivity contribution in [3.8, 4) is 0 Å². The molecular formula is C20H21NOS2. The summed E-state index contributed by atoms with van der Waals surface area (Å²) in [6.45, 7) is 1.03. The van der Waals surface area contributed by atoms with E-state index in [1.165, 1.54) is 28.9 Å². The molecule has 0 fully saturated rings. The van der Waals surface area contributed by atoms with Crippen LogP contribution in [0, 0.1) is 5.92 Å². The smallest absolute Gasteiger partial charge is 0.155 e. The van der Waals surface area contributed by atoms with Crippen LogP contribution in [0.1, 0.15) is 36.8 Å². The largest absolute Gasteiger partial charge is 0.345 e. The van der Waals surface area contributed by atoms with Gasteiger partial charge < -0.3 is 4.90 Å². The van der Waals surface area contributed by atoms with Gasteiger partial charge in [0.05, 0.1) is 4.20 Å². The van der Waals surface area contributed by atoms with Crippen LogP contribution in [-0.2, 0) is 11.2 Å². The molecule has 4 rings (SSSR count). The Kier molecular flexibility index (Phi) is 4.35. The van der Waals surface area contributed by atoms with Crippen molar-refractivity contribution >= 4 is 39.6 Å². The maximum Gasteiger partial charge on any atom is 0.155 e. The van der Waals surface area contributed by atoms with Gasteiger partial charge in [-0.2, -0.15) is 0 Å². The summed E-state index contributed by atoms with van der Waals surface area (Å²) in [7, 11) is 0. The van der Waals surface area contributed by atoms with Gasteiger partial charge in [-0.25, -0.2) is 0 Å². The first-order chi connectivity index (χ1) is 11.7. The van der Waals surface area contributed by atoms with Crippen LogP contribution in [0.2, 0.25) is 0 Å². The van der Waals surface area contributed by atoms with Crippen molar-refractivity contribution in [2.45, 2.75) is 32.1 Å². The summed E-state index contributed by atoms with van der Waals surface area (Å²) < 4.78 is 0.960. The number of allylic oxidation sites excluding steroid dienone is 4. The fraction of sp³-hybridized carbons (Fsp3) is 0.400. The zero-order valence-corrected chi connectivity index (χ0v) is 15.5. The molecule has 2 aliphatic carbocycles. The van der Waals surface area contributed by atoms with Gasteiger partial charge in [-0.1, -0.05) is 18.3 Å². The number of nitrogens with zero attached hydrogens (tertiary/aromatic N) is 1. The van der Waals surface area contributed by atoms with Crippen molar-refractivity contribution < 1.29 is 4.79 Å². The van der Waals surface area contributed by atoms with Gasteiger partial charge in [0.25, 0.3) is 0 Å². The minimum absolute atomic E-state index is 0.288. The lowest BCUT2D eigenvalue weighted by molar-refractivity contribution is -0.115. The van der Waals surface area contributed by atoms with Crippen LogP contribution >= 0.6 is 24.0 Å². The average Bonchev–Trinajstić information content (AvgIpc) is 3.03. The van der Waals surface area contributed by atoms with Crippen molar-refractivity contribution in [3.63, 3.8) is 0 Å². The van der Waals surface area contributed by atoms with Crippen LogP contribution in [0.5, 0.6) is 0 Å². The second kappa shape index (κ2) is 6.49. The first kappa shape index (κ1) is 16.1. The standard InChI is InChI=1S/C20H21NOS2/c1-24-20(23)15-4-7-19-14(10-15)8-9-21(19)17-5-2-13-3-6-18(22)12-16(13)11-17/h4,7,10-13H,2-3,5-6,8-9H2,1H3. The van der Waals surface area contributed by atoms with Gasteiger partial charge in [-0.15, -0.1) is 11.8 Å². The van der Waals surface area contributed by atoms with E-state index in [1.807, 2.05) is 12.3 Å². The third-order valence-electron chi connectivity index (χ3n) is 5.36. The van der Waals surface area contributed by atoms with E-state index in [4.69, 9.17) is 12.2 Å². The van der Waals surface area contributed by atoms with Gasteiger partial charge in [0.15, 0.2) is 5.78 Å². The van der Waals surface area contributed by atoms with Gasteiger partial charge >= 0.3 is 0 Å². The highest BCUT2D eigenvalue weighted by atomic mass is 32.2. The Morgan fingerprint density at radius 1 is 1.21 bits per heavy atom. The zero-order chi connectivity index (χ0) is 16.7. The Morgan fingerprint density at radius 3 is 2.88 bits per heavy atom. The fourth-order valence-electron chi connectivity index (χ4n) is 4.07. The maximum atomic E-state index is 11.7. The van der Waals surface area contributed by atoms with E-state index in [0.29, 0.717) is 5.92 Å². The number of thioether (sulfide) groups is 1. The van der Waals surface area contributed by atoms with Gasteiger partial charge in [-0.05, 0) is 78.8 Å². The Hall–Kier alpha value is -1.39. The van der Waals surface area contributed by atoms with E-state index in [1.54, 1.807) is 11.8 Å². The van der Waals surface area contributed by atoms with Crippen LogP contribution in [0.15, 0.2) is 41.6 Å². The normalized spacial score (nSPS) is 22.6. The zero-order valence-electron chi connectivity index (χ0n) is 13.9. The van der Waals surface area contributed by atoms with Crippen molar-refractivity contribution in [3.05, 3.63) is 52.7 Å². The quantitative estimate of drug-likeness (QED) is 0.718. The molecule has 24 heavy (non-hydrogen) atoms. The van der Waals surface area contributed by atoms with E-state index in [2.05, 4.69) is 29.2 Å². The molecule has 0 aromatic heterocycles. The van der Waals surface area contributed by atoms with Gasteiger partial charge in [0.1, 0.15) is 0 Å². The van der Waals surface area contributed by atoms with E-state index in [-0.39, 0.29) is 5.78 Å². The van der Waals surface area contributed by atoms with Crippen molar-refractivity contribution in [2.75, 3.05) is 17.7 Å². The third kappa shape index (κ3) is 2.86. The number of anilines is 1. The molecule has 124 valence electrons. The van der Waals surface area contributed by atoms with Crippen molar-refractivity contribution in [1.29, 1.82) is 0 Å². The molecular weight excluding hydrogens is 334 g/mol. The first-order valence-electron chi connectivity index (χ1n) is 8.59. The van der Waals surface area contributed by atoms with Gasteiger partial charge in [0, 0.05) is 24.4 Å². The molecule has 0 N–H and O–H groups in total. The summed E-state index contributed by atoms with van der Waals surface area (Å²) >= 11 is 7.05. The molecule has 0 radical (unpaired) electrons. The highest BCUT2D eigenvalue weighted by molar-refractivity contribution is 8.23. The Balaban J connectivity index is 1.64. The van der Waals surface area contributed by atoms with Crippen LogP contribution in [0.4, 0.5) is 5.69 Å². The number of hydrogen-bond donors (Lipinski definition) is 0. The molecule has 1 aliphatic heterocycles. The van der Waals surface area contributed by atoms with Gasteiger partial charge in [0.2, 0.25) is 0 Å². The number of hydrogen-bond acceptors (Lipinski definition) is 4. The molecule has 0 spiro atoms. The van der Waals surface area contributed by atoms with Crippen molar-refractivity contribution in [1.82, 2.24) is 0 Å². The molecule has 1 aromatic carbocycles. The number of benzene rings is 1. The summed E-state index contributed by atoms with van der Waals surface area (Å²) in [6, 6.07) is 6.61. The van der Waals surface area contributed by atoms with Gasteiger partial charge in [-0.3, -0.25) is 4.79 Å². The lowest BCUT2D eigenvalue weighted by atomic mass is 9.79. The summed E-state index contributed by atoms with van der Waals surface area (Å²) in [6.07, 6.45) is 11.3. The lowest BCUT2D eigenvalue weighted by Gasteiger charge is -2.32. The summed E-state index contributed by atoms with van der Waals surface area (Å²) in [5.74, 6) is 0.880. The minimum Gasteiger partial charge on any atom is -0.345 e. The minimum atomic E-state index is 0.288. The number of thiocarbonyl (C=S) groups is 1. The van der Waals surface area contributed by atoms with E-state index >= 15 is 0 Å². The molecule has 0 bridgehead atoms. The number of rotatable bonds is 2. The molecule has 1 aromatic rings. The SMILES string of the molecule is CSC(=S)c1ccc2c(c1)CCN2C1=CC2=CC(=O)CCC2CC1. The third-order valence-corrected chi connectivity index (χ3v) is 6.71. The number of carbonyl (C=O) groups excluding carboxylic acids is 1. The maximum absolute atomic E-state index is 11.7. The van der Waals surface area contributed by atoms with Crippen LogP contribution in [0.3, 0.4) is 0 Å². The van der Waals surface area contributed by atoms with E-state index in [9.17, 15) is 4.79 Å². The topological polar surface area (TPSA) is 20.3 Å². The predicted molar refractivity (Wildman–Crippen MR) is 106 cm³/mol. The van der Waals surface area contributed by atoms with Crippen molar-refractivity contribution in [2.24, 2.45) is 5.92 Å². The molecule has 3 aliphatic rings. The first-order valence-corrected chi connectivity index (χ1v) is 10.2. The second-order valence-electron chi connectivity index (χ2n) is 6.76. The Labute approximate surface area is 153 Å². The highest BCUT2D eigenvalue weighted by Gasteiger charge is 2.29. The highest BCUT2D eigenvalue weighted by Crippen LogP contribution is 2.40. The molecule has 0 saturated heterocycles. The fourth-order valence-corrected chi connectivity index (χ4v) is 4.56. The number of fused-ring (bicyclic) bond motifs is 2. The summed E-state index contributed by atoms with van der Waals surface area (Å²) in [5.41, 5.74) is 6.49. The second-order valence-corrected chi connectivity index (χ2v) is 8.24. The Morgan fingerprint density at radius 2 is 2.04 bits per heavy atom. The predicted octanol–water partition coefficient (Wildman–Crippen LogP) is 4.67. The number of ketones is 1. The molecule has 1 atom stereocenters. The lowest BCUT2D eigenvalue weighted by Crippen LogP contribution is -2.25.